The van der Waals surface area contributed by atoms with E-state index in [-0.39, 0.29) is 29.5 Å². The van der Waals surface area contributed by atoms with Gasteiger partial charge in [0.1, 0.15) is 16.2 Å². The van der Waals surface area contributed by atoms with Crippen molar-refractivity contribution in [2.75, 3.05) is 5.32 Å². The molecular weight excluding hydrogens is 253 g/mol. The van der Waals surface area contributed by atoms with Crippen LogP contribution in [-0.2, 0) is 0 Å². The van der Waals surface area contributed by atoms with Crippen molar-refractivity contribution in [3.8, 4) is 0 Å². The van der Waals surface area contributed by atoms with Gasteiger partial charge in [0.2, 0.25) is 5.95 Å². The second-order valence-corrected chi connectivity index (χ2v) is 4.27. The molecule has 4 nitrogen and oxygen atoms in total. The van der Waals surface area contributed by atoms with Gasteiger partial charge in [-0.2, -0.15) is 13.2 Å². The topological polar surface area (TPSA) is 63.8 Å². The molecule has 1 aliphatic carbocycles. The van der Waals surface area contributed by atoms with Gasteiger partial charge in [0.15, 0.2) is 0 Å². The van der Waals surface area contributed by atoms with Crippen molar-refractivity contribution in [3.05, 3.63) is 18.0 Å². The lowest BCUT2D eigenvalue weighted by molar-refractivity contribution is -0.151. The minimum atomic E-state index is -4.31. The number of nitrogens with one attached hydrogen (secondary N) is 1. The van der Waals surface area contributed by atoms with Crippen LogP contribution in [0.5, 0.6) is 0 Å². The van der Waals surface area contributed by atoms with Crippen LogP contribution in [0.4, 0.5) is 19.1 Å². The first-order valence-electron chi connectivity index (χ1n) is 4.82. The van der Waals surface area contributed by atoms with Gasteiger partial charge in [-0.25, -0.2) is 9.97 Å². The SMILES string of the molecule is NC(=S)c1ccnc(NC2(C(F)(F)F)CC2)n1. The van der Waals surface area contributed by atoms with E-state index in [9.17, 15) is 13.2 Å². The molecule has 0 atom stereocenters. The molecule has 1 heterocycles. The largest absolute Gasteiger partial charge is 0.411 e. The summed E-state index contributed by atoms with van der Waals surface area (Å²) in [7, 11) is 0. The molecule has 1 aromatic heterocycles. The normalized spacial score (nSPS) is 17.6. The quantitative estimate of drug-likeness (QED) is 0.810. The maximum absolute atomic E-state index is 12.7. The van der Waals surface area contributed by atoms with E-state index >= 15 is 0 Å². The average molecular weight is 262 g/mol. The zero-order valence-electron chi connectivity index (χ0n) is 8.58. The standard InChI is InChI=1S/C9H9F3N4S/c10-9(11,12)8(2-3-8)16-7-14-4-1-5(15-7)6(13)17/h1,4H,2-3H2,(H2,13,17)(H,14,15,16). The van der Waals surface area contributed by atoms with Crippen LogP contribution in [0.15, 0.2) is 12.3 Å². The average Bonchev–Trinajstić information content (AvgIpc) is 2.98. The summed E-state index contributed by atoms with van der Waals surface area (Å²) in [6.45, 7) is 0. The van der Waals surface area contributed by atoms with Gasteiger partial charge in [-0.1, -0.05) is 12.2 Å². The molecule has 0 saturated heterocycles. The molecule has 2 rings (SSSR count). The molecular formula is C9H9F3N4S. The molecule has 0 aromatic carbocycles. The molecule has 92 valence electrons. The second kappa shape index (κ2) is 3.80. The first-order chi connectivity index (χ1) is 7.84. The molecule has 0 aliphatic heterocycles. The van der Waals surface area contributed by atoms with Crippen LogP contribution in [-0.4, -0.2) is 26.7 Å². The predicted octanol–water partition coefficient (Wildman–Crippen LogP) is 1.62. The van der Waals surface area contributed by atoms with Gasteiger partial charge in [0.05, 0.1) is 0 Å². The minimum absolute atomic E-state index is 0.0207. The number of alkyl halides is 3. The van der Waals surface area contributed by atoms with Gasteiger partial charge in [-0.05, 0) is 18.9 Å². The number of thiocarbonyl (C=S) groups is 1. The fourth-order valence-electron chi connectivity index (χ4n) is 1.37. The lowest BCUT2D eigenvalue weighted by atomic mass is 10.2. The summed E-state index contributed by atoms with van der Waals surface area (Å²) in [6, 6.07) is 1.45. The Bertz CT molecular complexity index is 456. The minimum Gasteiger partial charge on any atom is -0.388 e. The molecule has 0 radical (unpaired) electrons. The van der Waals surface area contributed by atoms with Crippen molar-refractivity contribution in [1.82, 2.24) is 9.97 Å². The number of hydrogen-bond donors (Lipinski definition) is 2. The van der Waals surface area contributed by atoms with E-state index in [1.165, 1.54) is 12.3 Å². The Morgan fingerprint density at radius 2 is 2.12 bits per heavy atom. The third-order valence-corrected chi connectivity index (χ3v) is 2.76. The van der Waals surface area contributed by atoms with Gasteiger partial charge < -0.3 is 11.1 Å². The zero-order valence-corrected chi connectivity index (χ0v) is 9.40. The molecule has 0 spiro atoms. The molecule has 1 fully saturated rings. The van der Waals surface area contributed by atoms with E-state index in [0.717, 1.165) is 0 Å². The number of hydrogen-bond acceptors (Lipinski definition) is 4. The lowest BCUT2D eigenvalue weighted by Crippen LogP contribution is -2.39. The summed E-state index contributed by atoms with van der Waals surface area (Å²) in [5.41, 5.74) is 3.70. The highest BCUT2D eigenvalue weighted by Crippen LogP contribution is 2.50. The fourth-order valence-corrected chi connectivity index (χ4v) is 1.49. The maximum atomic E-state index is 12.7. The van der Waals surface area contributed by atoms with Gasteiger partial charge in [-0.3, -0.25) is 0 Å². The molecule has 0 amide bonds. The summed E-state index contributed by atoms with van der Waals surface area (Å²) in [5.74, 6) is -0.106. The zero-order chi connectivity index (χ0) is 12.7. The van der Waals surface area contributed by atoms with Crippen molar-refractivity contribution < 1.29 is 13.2 Å². The van der Waals surface area contributed by atoms with Crippen LogP contribution in [0.3, 0.4) is 0 Å². The number of halogens is 3. The molecule has 0 unspecified atom stereocenters. The molecule has 1 aliphatic rings. The molecule has 17 heavy (non-hydrogen) atoms. The van der Waals surface area contributed by atoms with Crippen molar-refractivity contribution in [2.45, 2.75) is 24.6 Å². The Morgan fingerprint density at radius 1 is 1.47 bits per heavy atom. The van der Waals surface area contributed by atoms with Crippen LogP contribution >= 0.6 is 12.2 Å². The van der Waals surface area contributed by atoms with Gasteiger partial charge in [-0.15, -0.1) is 0 Å². The van der Waals surface area contributed by atoms with Gasteiger partial charge in [0, 0.05) is 6.20 Å². The predicted molar refractivity (Wildman–Crippen MR) is 59.6 cm³/mol. The van der Waals surface area contributed by atoms with Gasteiger partial charge in [0.25, 0.3) is 0 Å². The van der Waals surface area contributed by atoms with Crippen LogP contribution in [0, 0.1) is 0 Å². The highest BCUT2D eigenvalue weighted by atomic mass is 32.1. The lowest BCUT2D eigenvalue weighted by Gasteiger charge is -2.20. The van der Waals surface area contributed by atoms with E-state index in [0.29, 0.717) is 0 Å². The van der Waals surface area contributed by atoms with E-state index in [4.69, 9.17) is 5.73 Å². The van der Waals surface area contributed by atoms with E-state index in [2.05, 4.69) is 27.5 Å². The molecule has 1 saturated carbocycles. The van der Waals surface area contributed by atoms with Crippen molar-refractivity contribution in [1.29, 1.82) is 0 Å². The summed E-state index contributed by atoms with van der Waals surface area (Å²) >= 11 is 4.69. The molecule has 0 bridgehead atoms. The molecule has 3 N–H and O–H groups in total. The van der Waals surface area contributed by atoms with Crippen molar-refractivity contribution >= 4 is 23.2 Å². The fraction of sp³-hybridized carbons (Fsp3) is 0.444. The maximum Gasteiger partial charge on any atom is 0.411 e. The second-order valence-electron chi connectivity index (χ2n) is 3.83. The summed E-state index contributed by atoms with van der Waals surface area (Å²) < 4.78 is 38.0. The Kier molecular flexibility index (Phi) is 2.69. The van der Waals surface area contributed by atoms with Crippen LogP contribution < -0.4 is 11.1 Å². The Labute approximate surface area is 100 Å². The summed E-state index contributed by atoms with van der Waals surface area (Å²) in [5, 5.41) is 2.30. The number of anilines is 1. The third-order valence-electron chi connectivity index (χ3n) is 2.55. The van der Waals surface area contributed by atoms with Crippen molar-refractivity contribution in [2.24, 2.45) is 5.73 Å². The monoisotopic (exact) mass is 262 g/mol. The van der Waals surface area contributed by atoms with E-state index < -0.39 is 11.7 Å². The molecule has 8 heteroatoms. The first-order valence-corrected chi connectivity index (χ1v) is 5.23. The van der Waals surface area contributed by atoms with Crippen LogP contribution in [0.25, 0.3) is 0 Å². The van der Waals surface area contributed by atoms with Gasteiger partial charge >= 0.3 is 6.18 Å². The highest BCUT2D eigenvalue weighted by molar-refractivity contribution is 7.80. The summed E-state index contributed by atoms with van der Waals surface area (Å²) in [6.07, 6.45) is -2.94. The van der Waals surface area contributed by atoms with Crippen molar-refractivity contribution in [3.63, 3.8) is 0 Å². The summed E-state index contributed by atoms with van der Waals surface area (Å²) in [4.78, 5) is 7.57. The number of aromatic nitrogens is 2. The third kappa shape index (κ3) is 2.31. The van der Waals surface area contributed by atoms with E-state index in [1.54, 1.807) is 0 Å². The first kappa shape index (κ1) is 12.0. The number of nitrogens with two attached hydrogens (primary N) is 1. The molecule has 1 aromatic rings. The van der Waals surface area contributed by atoms with E-state index in [1.807, 2.05) is 0 Å². The Balaban J connectivity index is 2.20. The van der Waals surface area contributed by atoms with Crippen LogP contribution in [0.1, 0.15) is 18.5 Å². The Morgan fingerprint density at radius 3 is 2.59 bits per heavy atom. The highest BCUT2D eigenvalue weighted by Gasteiger charge is 2.64. The Hall–Kier alpha value is -1.44. The van der Waals surface area contributed by atoms with Crippen LogP contribution in [0.2, 0.25) is 0 Å². The number of rotatable bonds is 3. The smallest absolute Gasteiger partial charge is 0.388 e. The number of nitrogens with zero attached hydrogens (tertiary/aromatic N) is 2.